The maximum Gasteiger partial charge on any atom is 0.279 e. The van der Waals surface area contributed by atoms with E-state index in [0.29, 0.717) is 25.6 Å². The molecular formula is C24H32N4O2S. The Balaban J connectivity index is 1.63. The molecule has 6 nitrogen and oxygen atoms in total. The van der Waals surface area contributed by atoms with E-state index in [4.69, 9.17) is 0 Å². The normalized spacial score (nSPS) is 17.1. The molecule has 1 fully saturated rings. The summed E-state index contributed by atoms with van der Waals surface area (Å²) in [4.78, 5) is 5.40. The molecule has 2 N–H and O–H groups in total. The van der Waals surface area contributed by atoms with Crippen molar-refractivity contribution in [3.8, 4) is 0 Å². The van der Waals surface area contributed by atoms with Gasteiger partial charge in [0.1, 0.15) is 0 Å². The Hall–Kier alpha value is -2.35. The van der Waals surface area contributed by atoms with Gasteiger partial charge >= 0.3 is 0 Å². The number of hydrogen-bond acceptors (Lipinski definition) is 3. The summed E-state index contributed by atoms with van der Waals surface area (Å²) in [7, 11) is 0.516. The SMILES string of the molecule is CC1CCN(S(=O)(=O)NC[C@H](c2ccc(N(C)C)cc2)c2c[nH]c3ccccc23)CC1. The number of aromatic amines is 1. The molecule has 166 valence electrons. The van der Waals surface area contributed by atoms with Crippen LogP contribution < -0.4 is 9.62 Å². The van der Waals surface area contributed by atoms with Crippen LogP contribution in [0.1, 0.15) is 36.8 Å². The third-order valence-electron chi connectivity index (χ3n) is 6.36. The van der Waals surface area contributed by atoms with Gasteiger partial charge in [0.2, 0.25) is 0 Å². The highest BCUT2D eigenvalue weighted by atomic mass is 32.2. The van der Waals surface area contributed by atoms with Crippen LogP contribution in [0, 0.1) is 5.92 Å². The van der Waals surface area contributed by atoms with Gasteiger partial charge in [0, 0.05) is 62.4 Å². The Kier molecular flexibility index (Phi) is 6.36. The molecule has 0 unspecified atom stereocenters. The van der Waals surface area contributed by atoms with E-state index in [1.807, 2.05) is 38.5 Å². The van der Waals surface area contributed by atoms with Gasteiger partial charge in [0.15, 0.2) is 0 Å². The van der Waals surface area contributed by atoms with Crippen molar-refractivity contribution in [2.45, 2.75) is 25.7 Å². The van der Waals surface area contributed by atoms with Crippen molar-refractivity contribution in [2.24, 2.45) is 5.92 Å². The van der Waals surface area contributed by atoms with Crippen LogP contribution >= 0.6 is 0 Å². The zero-order valence-corrected chi connectivity index (χ0v) is 19.3. The molecule has 0 radical (unpaired) electrons. The van der Waals surface area contributed by atoms with Crippen LogP contribution in [0.25, 0.3) is 10.9 Å². The van der Waals surface area contributed by atoms with Gasteiger partial charge in [0.25, 0.3) is 10.2 Å². The largest absolute Gasteiger partial charge is 0.378 e. The molecule has 1 aliphatic rings. The maximum atomic E-state index is 13.0. The Morgan fingerprint density at radius 1 is 1.10 bits per heavy atom. The van der Waals surface area contributed by atoms with Crippen LogP contribution in [0.3, 0.4) is 0 Å². The second-order valence-corrected chi connectivity index (χ2v) is 10.5. The molecule has 1 aliphatic heterocycles. The predicted octanol–water partition coefficient (Wildman–Crippen LogP) is 3.93. The fourth-order valence-corrected chi connectivity index (χ4v) is 5.55. The first kappa shape index (κ1) is 21.9. The highest BCUT2D eigenvalue weighted by Gasteiger charge is 2.28. The van der Waals surface area contributed by atoms with Gasteiger partial charge in [-0.25, -0.2) is 4.72 Å². The molecular weight excluding hydrogens is 408 g/mol. The van der Waals surface area contributed by atoms with Gasteiger partial charge < -0.3 is 9.88 Å². The molecule has 4 rings (SSSR count). The number of piperidine rings is 1. The number of benzene rings is 2. The minimum absolute atomic E-state index is 0.0918. The zero-order chi connectivity index (χ0) is 22.0. The van der Waals surface area contributed by atoms with Gasteiger partial charge in [-0.1, -0.05) is 37.3 Å². The van der Waals surface area contributed by atoms with E-state index in [1.54, 1.807) is 4.31 Å². The molecule has 1 saturated heterocycles. The van der Waals surface area contributed by atoms with Crippen LogP contribution in [-0.2, 0) is 10.2 Å². The number of anilines is 1. The minimum atomic E-state index is -3.51. The summed E-state index contributed by atoms with van der Waals surface area (Å²) in [5.74, 6) is 0.492. The second-order valence-electron chi connectivity index (χ2n) is 8.76. The Morgan fingerprint density at radius 2 is 1.77 bits per heavy atom. The topological polar surface area (TPSA) is 68.4 Å². The molecule has 0 bridgehead atoms. The lowest BCUT2D eigenvalue weighted by molar-refractivity contribution is 0.285. The van der Waals surface area contributed by atoms with E-state index >= 15 is 0 Å². The summed E-state index contributed by atoms with van der Waals surface area (Å²) < 4.78 is 30.5. The molecule has 2 heterocycles. The monoisotopic (exact) mass is 440 g/mol. The standard InChI is InChI=1S/C24H32N4O2S/c1-18-12-14-28(15-13-18)31(29,30)26-17-22(19-8-10-20(11-9-19)27(2)3)23-16-25-24-7-5-4-6-21(23)24/h4-11,16,18,22,25-26H,12-15,17H2,1-3H3/t22-/m1/s1. The smallest absolute Gasteiger partial charge is 0.279 e. The van der Waals surface area contributed by atoms with E-state index in [1.165, 1.54) is 0 Å². The number of para-hydroxylation sites is 1. The first-order valence-corrected chi connectivity index (χ1v) is 12.4. The third-order valence-corrected chi connectivity index (χ3v) is 7.94. The highest BCUT2D eigenvalue weighted by Crippen LogP contribution is 2.32. The average molecular weight is 441 g/mol. The number of aromatic nitrogens is 1. The molecule has 1 aromatic heterocycles. The molecule has 0 saturated carbocycles. The Morgan fingerprint density at radius 3 is 2.45 bits per heavy atom. The Bertz CT molecular complexity index is 1110. The number of H-pyrrole nitrogens is 1. The van der Waals surface area contributed by atoms with Crippen LogP contribution in [0.2, 0.25) is 0 Å². The minimum Gasteiger partial charge on any atom is -0.378 e. The summed E-state index contributed by atoms with van der Waals surface area (Å²) >= 11 is 0. The van der Waals surface area contributed by atoms with Crippen LogP contribution in [0.15, 0.2) is 54.7 Å². The lowest BCUT2D eigenvalue weighted by atomic mass is 9.91. The number of rotatable bonds is 7. The quantitative estimate of drug-likeness (QED) is 0.585. The average Bonchev–Trinajstić information content (AvgIpc) is 3.18. The van der Waals surface area contributed by atoms with Crippen molar-refractivity contribution in [3.63, 3.8) is 0 Å². The van der Waals surface area contributed by atoms with Crippen LogP contribution in [0.4, 0.5) is 5.69 Å². The number of nitrogens with zero attached hydrogens (tertiary/aromatic N) is 2. The highest BCUT2D eigenvalue weighted by molar-refractivity contribution is 7.87. The molecule has 2 aromatic carbocycles. The predicted molar refractivity (Wildman–Crippen MR) is 128 cm³/mol. The first-order chi connectivity index (χ1) is 14.8. The fraction of sp³-hybridized carbons (Fsp3) is 0.417. The van der Waals surface area contributed by atoms with Gasteiger partial charge in [-0.2, -0.15) is 12.7 Å². The van der Waals surface area contributed by atoms with Crippen LogP contribution in [0.5, 0.6) is 0 Å². The molecule has 3 aromatic rings. The van der Waals surface area contributed by atoms with E-state index in [9.17, 15) is 8.42 Å². The lowest BCUT2D eigenvalue weighted by Gasteiger charge is -2.30. The van der Waals surface area contributed by atoms with Crippen molar-refractivity contribution in [3.05, 3.63) is 65.9 Å². The lowest BCUT2D eigenvalue weighted by Crippen LogP contribution is -2.45. The number of fused-ring (bicyclic) bond motifs is 1. The van der Waals surface area contributed by atoms with Crippen molar-refractivity contribution in [1.82, 2.24) is 14.0 Å². The molecule has 0 spiro atoms. The van der Waals surface area contributed by atoms with Crippen molar-refractivity contribution in [1.29, 1.82) is 0 Å². The first-order valence-electron chi connectivity index (χ1n) is 10.9. The third kappa shape index (κ3) is 4.79. The fourth-order valence-electron chi connectivity index (χ4n) is 4.30. The zero-order valence-electron chi connectivity index (χ0n) is 18.5. The maximum absolute atomic E-state index is 13.0. The van der Waals surface area contributed by atoms with E-state index in [-0.39, 0.29) is 5.92 Å². The molecule has 31 heavy (non-hydrogen) atoms. The summed E-state index contributed by atoms with van der Waals surface area (Å²) in [5.41, 5.74) is 4.36. The van der Waals surface area contributed by atoms with Crippen molar-refractivity contribution >= 4 is 26.8 Å². The van der Waals surface area contributed by atoms with Crippen molar-refractivity contribution in [2.75, 3.05) is 38.6 Å². The van der Waals surface area contributed by atoms with E-state index < -0.39 is 10.2 Å². The van der Waals surface area contributed by atoms with Crippen molar-refractivity contribution < 1.29 is 8.42 Å². The molecule has 0 aliphatic carbocycles. The van der Waals surface area contributed by atoms with Gasteiger partial charge in [-0.15, -0.1) is 0 Å². The molecule has 0 amide bonds. The van der Waals surface area contributed by atoms with Gasteiger partial charge in [-0.05, 0) is 48.1 Å². The summed E-state index contributed by atoms with van der Waals surface area (Å²) in [6.07, 6.45) is 3.84. The number of hydrogen-bond donors (Lipinski definition) is 2. The summed E-state index contributed by atoms with van der Waals surface area (Å²) in [6, 6.07) is 16.5. The Labute approximate surface area is 185 Å². The van der Waals surface area contributed by atoms with Gasteiger partial charge in [-0.3, -0.25) is 0 Å². The van der Waals surface area contributed by atoms with Crippen LogP contribution in [-0.4, -0.2) is 51.4 Å². The molecule has 1 atom stereocenters. The number of nitrogens with one attached hydrogen (secondary N) is 2. The molecule has 7 heteroatoms. The summed E-state index contributed by atoms with van der Waals surface area (Å²) in [5, 5.41) is 1.12. The van der Waals surface area contributed by atoms with E-state index in [0.717, 1.165) is 40.6 Å². The van der Waals surface area contributed by atoms with E-state index in [2.05, 4.69) is 51.9 Å². The summed E-state index contributed by atoms with van der Waals surface area (Å²) in [6.45, 7) is 3.68. The van der Waals surface area contributed by atoms with Gasteiger partial charge in [0.05, 0.1) is 0 Å². The second kappa shape index (κ2) is 9.02.